The van der Waals surface area contributed by atoms with Gasteiger partial charge in [0.1, 0.15) is 0 Å². The maximum absolute atomic E-state index is 13.0. The first-order chi connectivity index (χ1) is 12.2. The maximum Gasteiger partial charge on any atom is 0.203 e. The van der Waals surface area contributed by atoms with Gasteiger partial charge in [-0.3, -0.25) is 4.79 Å². The Morgan fingerprint density at radius 2 is 1.56 bits per heavy atom. The molecule has 25 heavy (non-hydrogen) atoms. The first-order valence-corrected chi connectivity index (χ1v) is 8.59. The van der Waals surface area contributed by atoms with Crippen molar-refractivity contribution in [1.82, 2.24) is 0 Å². The van der Waals surface area contributed by atoms with Crippen molar-refractivity contribution in [3.63, 3.8) is 0 Å². The Morgan fingerprint density at radius 3 is 2.12 bits per heavy atom. The molecule has 0 aliphatic carbocycles. The number of benzene rings is 2. The highest BCUT2D eigenvalue weighted by Gasteiger charge is 2.18. The predicted molar refractivity (Wildman–Crippen MR) is 99.3 cm³/mol. The van der Waals surface area contributed by atoms with Crippen LogP contribution in [0, 0.1) is 0 Å². The Balaban J connectivity index is 2.02. The van der Waals surface area contributed by atoms with Gasteiger partial charge in [-0.25, -0.2) is 0 Å². The van der Waals surface area contributed by atoms with Crippen molar-refractivity contribution in [1.29, 1.82) is 0 Å². The van der Waals surface area contributed by atoms with Gasteiger partial charge in [0.25, 0.3) is 0 Å². The lowest BCUT2D eigenvalue weighted by atomic mass is 9.99. The van der Waals surface area contributed by atoms with Gasteiger partial charge in [0.2, 0.25) is 5.75 Å². The lowest BCUT2D eigenvalue weighted by molar-refractivity contribution is 0.103. The summed E-state index contributed by atoms with van der Waals surface area (Å²) in [5.74, 6) is 1.28. The van der Waals surface area contributed by atoms with E-state index in [1.807, 2.05) is 29.6 Å². The number of carbonyl (C=O) groups excluding carboxylic acids is 1. The molecule has 0 atom stereocenters. The molecule has 1 heterocycles. The second-order valence-electron chi connectivity index (χ2n) is 5.34. The normalized spacial score (nSPS) is 10.4. The quantitative estimate of drug-likeness (QED) is 0.603. The van der Waals surface area contributed by atoms with Crippen molar-refractivity contribution in [2.75, 3.05) is 21.3 Å². The first-order valence-electron chi connectivity index (χ1n) is 7.65. The molecule has 128 valence electrons. The first kappa shape index (κ1) is 17.0. The SMILES string of the molecule is COc1cc(C(=O)c2cccc(-c3ccsc3)c2)cc(OC)c1OC. The lowest BCUT2D eigenvalue weighted by Gasteiger charge is -2.14. The second-order valence-corrected chi connectivity index (χ2v) is 6.12. The molecule has 0 unspecified atom stereocenters. The topological polar surface area (TPSA) is 44.8 Å². The Kier molecular flexibility index (Phi) is 5.05. The van der Waals surface area contributed by atoms with Crippen LogP contribution in [0.2, 0.25) is 0 Å². The fraction of sp³-hybridized carbons (Fsp3) is 0.150. The molecular formula is C20H18O4S. The standard InChI is InChI=1S/C20H18O4S/c1-22-17-10-16(11-18(23-2)20(17)24-3)19(21)14-6-4-5-13(9-14)15-7-8-25-12-15/h4-12H,1-3H3. The third-order valence-electron chi connectivity index (χ3n) is 3.91. The number of carbonyl (C=O) groups is 1. The number of hydrogen-bond acceptors (Lipinski definition) is 5. The number of methoxy groups -OCH3 is 3. The van der Waals surface area contributed by atoms with E-state index >= 15 is 0 Å². The van der Waals surface area contributed by atoms with Crippen molar-refractivity contribution < 1.29 is 19.0 Å². The molecule has 1 aromatic heterocycles. The van der Waals surface area contributed by atoms with Gasteiger partial charge in [0.05, 0.1) is 21.3 Å². The zero-order valence-electron chi connectivity index (χ0n) is 14.2. The monoisotopic (exact) mass is 354 g/mol. The third kappa shape index (κ3) is 3.37. The summed E-state index contributed by atoms with van der Waals surface area (Å²) in [6.45, 7) is 0. The highest BCUT2D eigenvalue weighted by Crippen LogP contribution is 2.38. The van der Waals surface area contributed by atoms with Crippen LogP contribution in [-0.2, 0) is 0 Å². The third-order valence-corrected chi connectivity index (χ3v) is 4.59. The van der Waals surface area contributed by atoms with Crippen LogP contribution < -0.4 is 14.2 Å². The van der Waals surface area contributed by atoms with Crippen molar-refractivity contribution in [2.24, 2.45) is 0 Å². The molecule has 3 aromatic rings. The molecule has 0 saturated carbocycles. The molecule has 3 rings (SSSR count). The number of ketones is 1. The van der Waals surface area contributed by atoms with E-state index in [4.69, 9.17) is 14.2 Å². The summed E-state index contributed by atoms with van der Waals surface area (Å²) in [7, 11) is 4.59. The molecule has 0 bridgehead atoms. The van der Waals surface area contributed by atoms with Gasteiger partial charge in [0, 0.05) is 11.1 Å². The lowest BCUT2D eigenvalue weighted by Crippen LogP contribution is -2.04. The fourth-order valence-electron chi connectivity index (χ4n) is 2.65. The Morgan fingerprint density at radius 1 is 0.840 bits per heavy atom. The molecule has 0 fully saturated rings. The van der Waals surface area contributed by atoms with Crippen LogP contribution in [0.15, 0.2) is 53.2 Å². The Labute approximate surface area is 150 Å². The molecule has 2 aromatic carbocycles. The summed E-state index contributed by atoms with van der Waals surface area (Å²) in [6, 6.07) is 13.0. The van der Waals surface area contributed by atoms with E-state index in [1.165, 1.54) is 21.3 Å². The average Bonchev–Trinajstić information content (AvgIpc) is 3.21. The van der Waals surface area contributed by atoms with Crippen LogP contribution in [0.1, 0.15) is 15.9 Å². The zero-order chi connectivity index (χ0) is 17.8. The molecule has 0 N–H and O–H groups in total. The van der Waals surface area contributed by atoms with Gasteiger partial charge in [-0.2, -0.15) is 11.3 Å². The van der Waals surface area contributed by atoms with E-state index < -0.39 is 0 Å². The predicted octanol–water partition coefficient (Wildman–Crippen LogP) is 4.67. The maximum atomic E-state index is 13.0. The molecule has 4 nitrogen and oxygen atoms in total. The minimum atomic E-state index is -0.101. The van der Waals surface area contributed by atoms with Crippen molar-refractivity contribution >= 4 is 17.1 Å². The van der Waals surface area contributed by atoms with E-state index in [9.17, 15) is 4.79 Å². The van der Waals surface area contributed by atoms with Crippen molar-refractivity contribution in [3.8, 4) is 28.4 Å². The number of thiophene rings is 1. The molecule has 0 aliphatic heterocycles. The molecule has 0 amide bonds. The smallest absolute Gasteiger partial charge is 0.203 e. The summed E-state index contributed by atoms with van der Waals surface area (Å²) in [6.07, 6.45) is 0. The van der Waals surface area contributed by atoms with Gasteiger partial charge >= 0.3 is 0 Å². The second kappa shape index (κ2) is 7.40. The van der Waals surface area contributed by atoms with E-state index in [0.29, 0.717) is 28.4 Å². The molecule has 0 saturated heterocycles. The van der Waals surface area contributed by atoms with E-state index in [2.05, 4.69) is 5.38 Å². The van der Waals surface area contributed by atoms with Crippen LogP contribution in [0.5, 0.6) is 17.2 Å². The van der Waals surface area contributed by atoms with Gasteiger partial charge in [-0.15, -0.1) is 0 Å². The van der Waals surface area contributed by atoms with Gasteiger partial charge in [-0.05, 0) is 46.2 Å². The van der Waals surface area contributed by atoms with Crippen LogP contribution >= 0.6 is 11.3 Å². The number of ether oxygens (including phenoxy) is 3. The molecular weight excluding hydrogens is 336 g/mol. The fourth-order valence-corrected chi connectivity index (χ4v) is 3.31. The molecule has 0 aliphatic rings. The van der Waals surface area contributed by atoms with Gasteiger partial charge in [0.15, 0.2) is 17.3 Å². The molecule has 0 spiro atoms. The summed E-state index contributed by atoms with van der Waals surface area (Å²) >= 11 is 1.63. The highest BCUT2D eigenvalue weighted by molar-refractivity contribution is 7.08. The minimum absolute atomic E-state index is 0.101. The molecule has 5 heteroatoms. The van der Waals surface area contributed by atoms with E-state index in [0.717, 1.165) is 11.1 Å². The summed E-state index contributed by atoms with van der Waals surface area (Å²) in [4.78, 5) is 13.0. The Bertz CT molecular complexity index is 859. The van der Waals surface area contributed by atoms with Crippen LogP contribution in [0.25, 0.3) is 11.1 Å². The largest absolute Gasteiger partial charge is 0.493 e. The van der Waals surface area contributed by atoms with E-state index in [-0.39, 0.29) is 5.78 Å². The minimum Gasteiger partial charge on any atom is -0.493 e. The van der Waals surface area contributed by atoms with E-state index in [1.54, 1.807) is 29.5 Å². The van der Waals surface area contributed by atoms with Crippen LogP contribution in [0.3, 0.4) is 0 Å². The summed E-state index contributed by atoms with van der Waals surface area (Å²) in [5.41, 5.74) is 3.21. The van der Waals surface area contributed by atoms with Crippen LogP contribution in [0.4, 0.5) is 0 Å². The van der Waals surface area contributed by atoms with Crippen LogP contribution in [-0.4, -0.2) is 27.1 Å². The summed E-state index contributed by atoms with van der Waals surface area (Å²) in [5, 5.41) is 4.08. The van der Waals surface area contributed by atoms with Crippen molar-refractivity contribution in [2.45, 2.75) is 0 Å². The summed E-state index contributed by atoms with van der Waals surface area (Å²) < 4.78 is 16.0. The average molecular weight is 354 g/mol. The van der Waals surface area contributed by atoms with Crippen molar-refractivity contribution in [3.05, 3.63) is 64.4 Å². The Hall–Kier alpha value is -2.79. The molecule has 0 radical (unpaired) electrons. The highest BCUT2D eigenvalue weighted by atomic mass is 32.1. The van der Waals surface area contributed by atoms with Gasteiger partial charge < -0.3 is 14.2 Å². The number of hydrogen-bond donors (Lipinski definition) is 0. The number of rotatable bonds is 6. The van der Waals surface area contributed by atoms with Gasteiger partial charge in [-0.1, -0.05) is 18.2 Å². The zero-order valence-corrected chi connectivity index (χ0v) is 15.1.